The summed E-state index contributed by atoms with van der Waals surface area (Å²) in [5, 5.41) is 13.5. The number of carboxylic acids is 1. The summed E-state index contributed by atoms with van der Waals surface area (Å²) in [7, 11) is 0. The predicted molar refractivity (Wildman–Crippen MR) is 116 cm³/mol. The highest BCUT2D eigenvalue weighted by molar-refractivity contribution is 5.86. The lowest BCUT2D eigenvalue weighted by atomic mass is 9.80. The molecule has 5 heteroatoms. The average Bonchev–Trinajstić information content (AvgIpc) is 3.50. The van der Waals surface area contributed by atoms with Crippen molar-refractivity contribution in [3.8, 4) is 0 Å². The van der Waals surface area contributed by atoms with Gasteiger partial charge in [0.15, 0.2) is 0 Å². The summed E-state index contributed by atoms with van der Waals surface area (Å²) in [6.45, 7) is 4.57. The highest BCUT2D eigenvalue weighted by Gasteiger charge is 2.61. The van der Waals surface area contributed by atoms with Gasteiger partial charge in [0, 0.05) is 25.2 Å². The molecule has 5 nitrogen and oxygen atoms in total. The summed E-state index contributed by atoms with van der Waals surface area (Å²) in [6, 6.07) is 20.0. The number of hydrogen-bond donors (Lipinski definition) is 2. The smallest absolute Gasteiger partial charge is 0.314 e. The summed E-state index contributed by atoms with van der Waals surface area (Å²) in [4.78, 5) is 26.1. The Kier molecular flexibility index (Phi) is 5.76. The Balaban J connectivity index is 1.44. The van der Waals surface area contributed by atoms with Gasteiger partial charge in [0.2, 0.25) is 0 Å². The minimum atomic E-state index is -0.734. The van der Waals surface area contributed by atoms with E-state index in [9.17, 15) is 14.7 Å². The second-order valence-corrected chi connectivity index (χ2v) is 8.85. The summed E-state index contributed by atoms with van der Waals surface area (Å²) in [5.74, 6) is -0.427. The first-order valence-corrected chi connectivity index (χ1v) is 10.8. The summed E-state index contributed by atoms with van der Waals surface area (Å²) < 4.78 is 0. The van der Waals surface area contributed by atoms with Crippen molar-refractivity contribution in [1.82, 2.24) is 10.2 Å². The Hall–Kier alpha value is -2.50. The van der Waals surface area contributed by atoms with Crippen LogP contribution in [0.1, 0.15) is 37.3 Å². The van der Waals surface area contributed by atoms with Crippen LogP contribution in [0.25, 0.3) is 0 Å². The molecule has 30 heavy (non-hydrogen) atoms. The van der Waals surface area contributed by atoms with E-state index in [1.54, 1.807) is 6.92 Å². The number of likely N-dealkylation sites (tertiary alicyclic amines) is 1. The quantitative estimate of drug-likeness (QED) is 0.705. The number of nitrogens with zero attached hydrogens (tertiary/aromatic N) is 1. The molecule has 1 aliphatic heterocycles. The van der Waals surface area contributed by atoms with E-state index in [1.165, 1.54) is 5.56 Å². The normalized spacial score (nSPS) is 25.6. The van der Waals surface area contributed by atoms with Crippen molar-refractivity contribution in [2.45, 2.75) is 37.1 Å². The van der Waals surface area contributed by atoms with E-state index in [0.29, 0.717) is 13.0 Å². The van der Waals surface area contributed by atoms with Gasteiger partial charge in [-0.1, -0.05) is 60.7 Å². The van der Waals surface area contributed by atoms with E-state index >= 15 is 0 Å². The molecule has 4 rings (SSSR count). The third-order valence-corrected chi connectivity index (χ3v) is 6.97. The molecule has 1 saturated carbocycles. The lowest BCUT2D eigenvalue weighted by Gasteiger charge is -2.43. The molecule has 0 aromatic heterocycles. The molecule has 2 aromatic rings. The molecule has 2 aromatic carbocycles. The highest BCUT2D eigenvalue weighted by Crippen LogP contribution is 2.55. The number of carbonyl (C=O) groups excluding carboxylic acids is 1. The number of aliphatic carboxylic acids is 1. The van der Waals surface area contributed by atoms with Gasteiger partial charge in [-0.25, -0.2) is 0 Å². The fraction of sp³-hybridized carbons (Fsp3) is 0.440. The van der Waals surface area contributed by atoms with Crippen LogP contribution in [0, 0.1) is 5.92 Å². The van der Waals surface area contributed by atoms with Crippen LogP contribution in [-0.2, 0) is 20.5 Å². The zero-order chi connectivity index (χ0) is 21.2. The molecule has 1 saturated heterocycles. The van der Waals surface area contributed by atoms with Crippen LogP contribution in [0.5, 0.6) is 0 Å². The van der Waals surface area contributed by atoms with Crippen LogP contribution in [0.2, 0.25) is 0 Å². The molecule has 0 bridgehead atoms. The summed E-state index contributed by atoms with van der Waals surface area (Å²) in [6.07, 6.45) is 2.51. The Labute approximate surface area is 178 Å². The molecule has 2 N–H and O–H groups in total. The Bertz CT molecular complexity index is 891. The van der Waals surface area contributed by atoms with Crippen LogP contribution in [-0.4, -0.2) is 47.9 Å². The van der Waals surface area contributed by atoms with Gasteiger partial charge in [0.05, 0.1) is 12.0 Å². The molecule has 0 spiro atoms. The topological polar surface area (TPSA) is 69.6 Å². The number of carbonyl (C=O) groups is 2. The van der Waals surface area contributed by atoms with Gasteiger partial charge in [0.25, 0.3) is 0 Å². The third-order valence-electron chi connectivity index (χ3n) is 6.97. The number of rotatable bonds is 8. The standard InChI is InChI=1S/C25H30N2O3/c1-19(28)17-26-24(20-8-4-2-5-9-20)12-14-27(15-13-24)18-22-16-25(22,23(29)30)21-10-6-3-7-11-21/h2-11,22,26H,12-18H2,1H3,(H,29,30)/t22-,25+/m0/s1. The third kappa shape index (κ3) is 3.92. The number of piperidine rings is 1. The second kappa shape index (κ2) is 8.32. The zero-order valence-corrected chi connectivity index (χ0v) is 17.5. The van der Waals surface area contributed by atoms with Crippen LogP contribution < -0.4 is 5.32 Å². The molecule has 2 aliphatic rings. The van der Waals surface area contributed by atoms with E-state index in [0.717, 1.165) is 38.0 Å². The maximum Gasteiger partial charge on any atom is 0.314 e. The van der Waals surface area contributed by atoms with E-state index in [4.69, 9.17) is 0 Å². The number of carboxylic acid groups (broad SMARTS) is 1. The minimum absolute atomic E-state index is 0.139. The van der Waals surface area contributed by atoms with Gasteiger partial charge in [-0.15, -0.1) is 0 Å². The van der Waals surface area contributed by atoms with E-state index in [-0.39, 0.29) is 17.2 Å². The lowest BCUT2D eigenvalue weighted by molar-refractivity contribution is -0.140. The maximum atomic E-state index is 12.1. The van der Waals surface area contributed by atoms with Crippen molar-refractivity contribution in [3.05, 3.63) is 71.8 Å². The van der Waals surface area contributed by atoms with Gasteiger partial charge in [-0.05, 0) is 43.2 Å². The average molecular weight is 407 g/mol. The van der Waals surface area contributed by atoms with Crippen molar-refractivity contribution in [1.29, 1.82) is 0 Å². The van der Waals surface area contributed by atoms with Gasteiger partial charge in [-0.2, -0.15) is 0 Å². The van der Waals surface area contributed by atoms with E-state index < -0.39 is 11.4 Å². The lowest BCUT2D eigenvalue weighted by Crippen LogP contribution is -2.52. The molecule has 1 aliphatic carbocycles. The SMILES string of the molecule is CC(=O)CNC1(c2ccccc2)CCN(C[C@@H]2C[C@@]2(C(=O)O)c2ccccc2)CC1. The monoisotopic (exact) mass is 406 g/mol. The molecule has 1 heterocycles. The first-order valence-electron chi connectivity index (χ1n) is 10.8. The van der Waals surface area contributed by atoms with E-state index in [2.05, 4.69) is 22.3 Å². The Morgan fingerprint density at radius 3 is 2.10 bits per heavy atom. The van der Waals surface area contributed by atoms with Crippen LogP contribution in [0.4, 0.5) is 0 Å². The molecule has 2 atom stereocenters. The Morgan fingerprint density at radius 1 is 1.00 bits per heavy atom. The van der Waals surface area contributed by atoms with Gasteiger partial charge in [-0.3, -0.25) is 9.59 Å². The van der Waals surface area contributed by atoms with Crippen LogP contribution >= 0.6 is 0 Å². The molecular formula is C25H30N2O3. The second-order valence-electron chi connectivity index (χ2n) is 8.85. The molecule has 0 unspecified atom stereocenters. The van der Waals surface area contributed by atoms with Crippen molar-refractivity contribution in [3.63, 3.8) is 0 Å². The fourth-order valence-electron chi connectivity index (χ4n) is 5.07. The number of benzene rings is 2. The summed E-state index contributed by atoms with van der Waals surface area (Å²) >= 11 is 0. The number of nitrogens with one attached hydrogen (secondary N) is 1. The Morgan fingerprint density at radius 2 is 1.57 bits per heavy atom. The molecule has 0 radical (unpaired) electrons. The number of hydrogen-bond acceptors (Lipinski definition) is 4. The number of ketones is 1. The minimum Gasteiger partial charge on any atom is -0.481 e. The van der Waals surface area contributed by atoms with Crippen molar-refractivity contribution >= 4 is 11.8 Å². The maximum absolute atomic E-state index is 12.1. The predicted octanol–water partition coefficient (Wildman–Crippen LogP) is 3.20. The molecule has 158 valence electrons. The molecular weight excluding hydrogens is 376 g/mol. The van der Waals surface area contributed by atoms with Gasteiger partial charge >= 0.3 is 5.97 Å². The van der Waals surface area contributed by atoms with Gasteiger partial charge in [0.1, 0.15) is 5.78 Å². The first-order chi connectivity index (χ1) is 14.5. The van der Waals surface area contributed by atoms with Crippen molar-refractivity contribution < 1.29 is 14.7 Å². The van der Waals surface area contributed by atoms with Crippen molar-refractivity contribution in [2.75, 3.05) is 26.2 Å². The molecule has 0 amide bonds. The number of Topliss-reactive ketones (excluding diaryl/α,β-unsaturated/α-hetero) is 1. The van der Waals surface area contributed by atoms with Crippen LogP contribution in [0.15, 0.2) is 60.7 Å². The highest BCUT2D eigenvalue weighted by atomic mass is 16.4. The van der Waals surface area contributed by atoms with Crippen molar-refractivity contribution in [2.24, 2.45) is 5.92 Å². The zero-order valence-electron chi connectivity index (χ0n) is 17.5. The fourth-order valence-corrected chi connectivity index (χ4v) is 5.07. The first kappa shape index (κ1) is 20.8. The van der Waals surface area contributed by atoms with E-state index in [1.807, 2.05) is 48.5 Å². The largest absolute Gasteiger partial charge is 0.481 e. The van der Waals surface area contributed by atoms with Gasteiger partial charge < -0.3 is 15.3 Å². The van der Waals surface area contributed by atoms with Crippen LogP contribution in [0.3, 0.4) is 0 Å². The molecule has 2 fully saturated rings. The summed E-state index contributed by atoms with van der Waals surface area (Å²) in [5.41, 5.74) is 1.21.